The van der Waals surface area contributed by atoms with E-state index in [1.165, 1.54) is 37.7 Å². The Kier molecular flexibility index (Phi) is 5.62. The Labute approximate surface area is 87.5 Å². The number of hydrogen-bond donors (Lipinski definition) is 1. The first-order valence-corrected chi connectivity index (χ1v) is 5.78. The minimum absolute atomic E-state index is 0.293. The van der Waals surface area contributed by atoms with Crippen molar-refractivity contribution in [2.75, 3.05) is 6.61 Å². The highest BCUT2D eigenvalue weighted by Crippen LogP contribution is 2.23. The predicted molar refractivity (Wildman–Crippen MR) is 61.2 cm³/mol. The molecular weight excluding hydrogens is 172 g/mol. The Balaban J connectivity index is 2.12. The third kappa shape index (κ3) is 4.61. The molecule has 0 aromatic rings. The molecule has 80 valence electrons. The lowest BCUT2D eigenvalue weighted by Crippen LogP contribution is -1.93. The maximum Gasteiger partial charge on any atom is 0.0434 e. The third-order valence-electron chi connectivity index (χ3n) is 2.87. The smallest absolute Gasteiger partial charge is 0.0434 e. The van der Waals surface area contributed by atoms with E-state index in [9.17, 15) is 0 Å². The van der Waals surface area contributed by atoms with Gasteiger partial charge in [-0.05, 0) is 51.4 Å². The summed E-state index contributed by atoms with van der Waals surface area (Å²) in [6.45, 7) is 4.33. The largest absolute Gasteiger partial charge is 0.396 e. The molecule has 0 radical (unpaired) electrons. The zero-order valence-electron chi connectivity index (χ0n) is 9.10. The van der Waals surface area contributed by atoms with Crippen molar-refractivity contribution in [1.82, 2.24) is 0 Å². The fraction of sp³-hybridized carbons (Fsp3) is 0.692. The van der Waals surface area contributed by atoms with Gasteiger partial charge in [0.05, 0.1) is 0 Å². The first kappa shape index (κ1) is 11.5. The van der Waals surface area contributed by atoms with Crippen LogP contribution in [0.5, 0.6) is 0 Å². The van der Waals surface area contributed by atoms with Gasteiger partial charge in [0.15, 0.2) is 0 Å². The van der Waals surface area contributed by atoms with Gasteiger partial charge in [0.2, 0.25) is 0 Å². The van der Waals surface area contributed by atoms with Crippen LogP contribution >= 0.6 is 0 Å². The highest BCUT2D eigenvalue weighted by atomic mass is 16.2. The quantitative estimate of drug-likeness (QED) is 0.641. The van der Waals surface area contributed by atoms with Crippen molar-refractivity contribution >= 4 is 0 Å². The molecule has 0 unspecified atom stereocenters. The summed E-state index contributed by atoms with van der Waals surface area (Å²) in [6, 6.07) is 0. The number of allylic oxidation sites excluding steroid dienone is 3. The van der Waals surface area contributed by atoms with E-state index in [4.69, 9.17) is 5.11 Å². The second-order valence-electron chi connectivity index (χ2n) is 4.19. The molecule has 0 fully saturated rings. The van der Waals surface area contributed by atoms with Crippen LogP contribution in [-0.4, -0.2) is 11.7 Å². The number of aliphatic hydroxyl groups is 1. The zero-order valence-corrected chi connectivity index (χ0v) is 9.10. The van der Waals surface area contributed by atoms with E-state index in [2.05, 4.69) is 12.7 Å². The van der Waals surface area contributed by atoms with E-state index in [0.29, 0.717) is 6.61 Å². The SMILES string of the molecule is C=C(CCCO)CCC1=CCCCC1. The fourth-order valence-corrected chi connectivity index (χ4v) is 1.92. The van der Waals surface area contributed by atoms with Gasteiger partial charge in [0, 0.05) is 6.61 Å². The molecule has 0 aliphatic heterocycles. The van der Waals surface area contributed by atoms with E-state index in [1.54, 1.807) is 5.57 Å². The molecule has 0 heterocycles. The van der Waals surface area contributed by atoms with Crippen molar-refractivity contribution in [2.45, 2.75) is 51.4 Å². The Bertz CT molecular complexity index is 203. The van der Waals surface area contributed by atoms with Gasteiger partial charge in [0.25, 0.3) is 0 Å². The molecule has 1 N–H and O–H groups in total. The van der Waals surface area contributed by atoms with Crippen molar-refractivity contribution in [1.29, 1.82) is 0 Å². The predicted octanol–water partition coefficient (Wildman–Crippen LogP) is 3.60. The number of aliphatic hydroxyl groups excluding tert-OH is 1. The molecule has 0 amide bonds. The van der Waals surface area contributed by atoms with Crippen molar-refractivity contribution < 1.29 is 5.11 Å². The molecule has 1 rings (SSSR count). The first-order valence-electron chi connectivity index (χ1n) is 5.78. The normalized spacial score (nSPS) is 16.5. The maximum atomic E-state index is 8.68. The van der Waals surface area contributed by atoms with Gasteiger partial charge in [0.1, 0.15) is 0 Å². The summed E-state index contributed by atoms with van der Waals surface area (Å²) < 4.78 is 0. The summed E-state index contributed by atoms with van der Waals surface area (Å²) in [6.07, 6.45) is 11.9. The molecule has 1 aliphatic carbocycles. The first-order chi connectivity index (χ1) is 6.83. The topological polar surface area (TPSA) is 20.2 Å². The molecule has 1 heteroatoms. The second kappa shape index (κ2) is 6.83. The van der Waals surface area contributed by atoms with Crippen LogP contribution in [0.1, 0.15) is 51.4 Å². The summed E-state index contributed by atoms with van der Waals surface area (Å²) in [5, 5.41) is 8.68. The zero-order chi connectivity index (χ0) is 10.2. The van der Waals surface area contributed by atoms with Crippen LogP contribution in [0.15, 0.2) is 23.8 Å². The lowest BCUT2D eigenvalue weighted by Gasteiger charge is -2.13. The van der Waals surface area contributed by atoms with Crippen LogP contribution in [-0.2, 0) is 0 Å². The Morgan fingerprint density at radius 1 is 1.36 bits per heavy atom. The minimum atomic E-state index is 0.293. The third-order valence-corrected chi connectivity index (χ3v) is 2.87. The molecule has 1 aliphatic rings. The summed E-state index contributed by atoms with van der Waals surface area (Å²) in [5.41, 5.74) is 2.92. The van der Waals surface area contributed by atoms with Crippen molar-refractivity contribution in [3.8, 4) is 0 Å². The van der Waals surface area contributed by atoms with Crippen molar-refractivity contribution in [2.24, 2.45) is 0 Å². The fourth-order valence-electron chi connectivity index (χ4n) is 1.92. The average molecular weight is 194 g/mol. The Morgan fingerprint density at radius 2 is 2.21 bits per heavy atom. The van der Waals surface area contributed by atoms with Crippen LogP contribution < -0.4 is 0 Å². The number of rotatable bonds is 6. The average Bonchev–Trinajstić information content (AvgIpc) is 2.25. The molecule has 0 saturated heterocycles. The van der Waals surface area contributed by atoms with Crippen LogP contribution in [0.3, 0.4) is 0 Å². The molecule has 0 atom stereocenters. The van der Waals surface area contributed by atoms with Gasteiger partial charge in [-0.3, -0.25) is 0 Å². The maximum absolute atomic E-state index is 8.68. The minimum Gasteiger partial charge on any atom is -0.396 e. The molecular formula is C13H22O. The second-order valence-corrected chi connectivity index (χ2v) is 4.19. The van der Waals surface area contributed by atoms with Crippen LogP contribution in [0.2, 0.25) is 0 Å². The summed E-state index contributed by atoms with van der Waals surface area (Å²) in [4.78, 5) is 0. The molecule has 0 bridgehead atoms. The monoisotopic (exact) mass is 194 g/mol. The van der Waals surface area contributed by atoms with Crippen LogP contribution in [0.25, 0.3) is 0 Å². The van der Waals surface area contributed by atoms with E-state index < -0.39 is 0 Å². The van der Waals surface area contributed by atoms with Gasteiger partial charge >= 0.3 is 0 Å². The highest BCUT2D eigenvalue weighted by molar-refractivity contribution is 5.08. The molecule has 0 aromatic heterocycles. The van der Waals surface area contributed by atoms with Crippen LogP contribution in [0.4, 0.5) is 0 Å². The number of hydrogen-bond acceptors (Lipinski definition) is 1. The van der Waals surface area contributed by atoms with Gasteiger partial charge < -0.3 is 5.11 Å². The van der Waals surface area contributed by atoms with Gasteiger partial charge in [-0.1, -0.05) is 23.8 Å². The Hall–Kier alpha value is -0.560. The van der Waals surface area contributed by atoms with Gasteiger partial charge in [-0.2, -0.15) is 0 Å². The summed E-state index contributed by atoms with van der Waals surface area (Å²) in [7, 11) is 0. The van der Waals surface area contributed by atoms with E-state index in [-0.39, 0.29) is 0 Å². The van der Waals surface area contributed by atoms with Gasteiger partial charge in [-0.15, -0.1) is 0 Å². The van der Waals surface area contributed by atoms with Gasteiger partial charge in [-0.25, -0.2) is 0 Å². The summed E-state index contributed by atoms with van der Waals surface area (Å²) in [5.74, 6) is 0. The molecule has 0 spiro atoms. The lowest BCUT2D eigenvalue weighted by molar-refractivity contribution is 0.288. The lowest BCUT2D eigenvalue weighted by atomic mass is 9.94. The van der Waals surface area contributed by atoms with E-state index >= 15 is 0 Å². The van der Waals surface area contributed by atoms with E-state index in [1.807, 2.05) is 0 Å². The van der Waals surface area contributed by atoms with Crippen molar-refractivity contribution in [3.05, 3.63) is 23.8 Å². The molecule has 0 saturated carbocycles. The van der Waals surface area contributed by atoms with Crippen LogP contribution in [0, 0.1) is 0 Å². The standard InChI is InChI=1S/C13H22O/c1-12(6-5-11-14)9-10-13-7-3-2-4-8-13/h7,14H,1-6,8-11H2. The molecule has 0 aromatic carbocycles. The molecule has 14 heavy (non-hydrogen) atoms. The Morgan fingerprint density at radius 3 is 2.86 bits per heavy atom. The molecule has 1 nitrogen and oxygen atoms in total. The van der Waals surface area contributed by atoms with Crippen molar-refractivity contribution in [3.63, 3.8) is 0 Å². The van der Waals surface area contributed by atoms with E-state index in [0.717, 1.165) is 19.3 Å². The highest BCUT2D eigenvalue weighted by Gasteiger charge is 2.04. The summed E-state index contributed by atoms with van der Waals surface area (Å²) >= 11 is 0.